The molecule has 21 heavy (non-hydrogen) atoms. The number of hydrogen-bond donors (Lipinski definition) is 0. The third kappa shape index (κ3) is 3.75. The van der Waals surface area contributed by atoms with Gasteiger partial charge in [-0.2, -0.15) is 13.2 Å². The molecule has 1 fully saturated rings. The highest BCUT2D eigenvalue weighted by Gasteiger charge is 2.33. The lowest BCUT2D eigenvalue weighted by Crippen LogP contribution is -2.32. The molecule has 0 spiro atoms. The molecule has 0 N–H and O–H groups in total. The molecule has 1 aromatic rings. The van der Waals surface area contributed by atoms with Crippen molar-refractivity contribution in [3.63, 3.8) is 0 Å². The predicted octanol–water partition coefficient (Wildman–Crippen LogP) is 2.36. The van der Waals surface area contributed by atoms with E-state index in [-0.39, 0.29) is 17.4 Å². The maximum absolute atomic E-state index is 12.7. The van der Waals surface area contributed by atoms with E-state index in [9.17, 15) is 21.6 Å². The summed E-state index contributed by atoms with van der Waals surface area (Å²) in [6.07, 6.45) is -3.81. The largest absolute Gasteiger partial charge is 0.416 e. The van der Waals surface area contributed by atoms with E-state index in [2.05, 4.69) is 0 Å². The summed E-state index contributed by atoms with van der Waals surface area (Å²) in [4.78, 5) is -0.348. The lowest BCUT2D eigenvalue weighted by atomic mass is 10.1. The van der Waals surface area contributed by atoms with Crippen LogP contribution in [0.25, 0.3) is 0 Å². The Hall–Kier alpha value is -1.12. The minimum atomic E-state index is -4.57. The van der Waals surface area contributed by atoms with E-state index in [1.807, 2.05) is 0 Å². The van der Waals surface area contributed by atoms with Crippen molar-refractivity contribution in [3.05, 3.63) is 29.8 Å². The van der Waals surface area contributed by atoms with Crippen molar-refractivity contribution in [1.29, 1.82) is 0 Å². The van der Waals surface area contributed by atoms with Gasteiger partial charge in [0.1, 0.15) is 0 Å². The fourth-order valence-electron chi connectivity index (χ4n) is 2.20. The summed E-state index contributed by atoms with van der Waals surface area (Å²) >= 11 is 0. The summed E-state index contributed by atoms with van der Waals surface area (Å²) in [5, 5.41) is 0. The highest BCUT2D eigenvalue weighted by atomic mass is 32.2. The molecule has 118 valence electrons. The smallest absolute Gasteiger partial charge is 0.381 e. The van der Waals surface area contributed by atoms with Gasteiger partial charge in [-0.15, -0.1) is 0 Å². The van der Waals surface area contributed by atoms with Crippen LogP contribution in [0.4, 0.5) is 13.2 Å². The summed E-state index contributed by atoms with van der Waals surface area (Å²) in [6.45, 7) is 1.29. The van der Waals surface area contributed by atoms with Gasteiger partial charge in [0.25, 0.3) is 0 Å². The van der Waals surface area contributed by atoms with Crippen molar-refractivity contribution in [2.24, 2.45) is 5.92 Å². The van der Waals surface area contributed by atoms with Crippen molar-refractivity contribution in [2.45, 2.75) is 17.5 Å². The zero-order chi connectivity index (χ0) is 15.7. The van der Waals surface area contributed by atoms with E-state index in [1.165, 1.54) is 13.1 Å². The molecule has 1 aromatic carbocycles. The molecule has 0 radical (unpaired) electrons. The molecule has 2 rings (SSSR count). The van der Waals surface area contributed by atoms with Crippen molar-refractivity contribution in [2.75, 3.05) is 26.8 Å². The number of ether oxygens (including phenoxy) is 1. The number of nitrogens with zero attached hydrogens (tertiary/aromatic N) is 1. The zero-order valence-corrected chi connectivity index (χ0v) is 12.2. The molecule has 0 bridgehead atoms. The van der Waals surface area contributed by atoms with Crippen LogP contribution in [-0.2, 0) is 20.9 Å². The Bertz CT molecular complexity index is 595. The fourth-order valence-corrected chi connectivity index (χ4v) is 3.50. The van der Waals surface area contributed by atoms with Gasteiger partial charge in [-0.1, -0.05) is 6.07 Å². The van der Waals surface area contributed by atoms with Gasteiger partial charge in [-0.25, -0.2) is 12.7 Å². The standard InChI is InChI=1S/C13H16F3NO3S/c1-17(8-10-5-6-20-9-10)21(18,19)12-4-2-3-11(7-12)13(14,15)16/h2-4,7,10H,5-6,8-9H2,1H3. The Morgan fingerprint density at radius 1 is 1.38 bits per heavy atom. The average molecular weight is 323 g/mol. The van der Waals surface area contributed by atoms with Crippen LogP contribution in [0.5, 0.6) is 0 Å². The van der Waals surface area contributed by atoms with Crippen molar-refractivity contribution < 1.29 is 26.3 Å². The molecular formula is C13H16F3NO3S. The highest BCUT2D eigenvalue weighted by molar-refractivity contribution is 7.89. The third-order valence-electron chi connectivity index (χ3n) is 3.41. The first-order chi connectivity index (χ1) is 9.71. The van der Waals surface area contributed by atoms with Crippen LogP contribution in [0.1, 0.15) is 12.0 Å². The van der Waals surface area contributed by atoms with Gasteiger partial charge in [0.05, 0.1) is 17.1 Å². The molecule has 0 amide bonds. The van der Waals surface area contributed by atoms with E-state index >= 15 is 0 Å². The van der Waals surface area contributed by atoms with Crippen LogP contribution in [0.2, 0.25) is 0 Å². The lowest BCUT2D eigenvalue weighted by molar-refractivity contribution is -0.137. The van der Waals surface area contributed by atoms with Crippen LogP contribution in [-0.4, -0.2) is 39.5 Å². The number of benzene rings is 1. The van der Waals surface area contributed by atoms with E-state index < -0.39 is 21.8 Å². The maximum Gasteiger partial charge on any atom is 0.416 e. The van der Waals surface area contributed by atoms with E-state index in [4.69, 9.17) is 4.74 Å². The summed E-state index contributed by atoms with van der Waals surface area (Å²) in [5.74, 6) is 0.0792. The van der Waals surface area contributed by atoms with Crippen LogP contribution in [0.3, 0.4) is 0 Å². The maximum atomic E-state index is 12.7. The minimum Gasteiger partial charge on any atom is -0.381 e. The monoisotopic (exact) mass is 323 g/mol. The molecule has 0 aliphatic carbocycles. The Morgan fingerprint density at radius 2 is 2.10 bits per heavy atom. The van der Waals surface area contributed by atoms with Gasteiger partial charge in [0.15, 0.2) is 0 Å². The molecule has 1 aliphatic heterocycles. The van der Waals surface area contributed by atoms with Crippen molar-refractivity contribution in [1.82, 2.24) is 4.31 Å². The van der Waals surface area contributed by atoms with Gasteiger partial charge >= 0.3 is 6.18 Å². The highest BCUT2D eigenvalue weighted by Crippen LogP contribution is 2.31. The second-order valence-corrected chi connectivity index (χ2v) is 7.09. The Labute approximate surface area is 121 Å². The SMILES string of the molecule is CN(CC1CCOC1)S(=O)(=O)c1cccc(C(F)(F)F)c1. The van der Waals surface area contributed by atoms with Gasteiger partial charge in [-0.3, -0.25) is 0 Å². The minimum absolute atomic E-state index is 0.0792. The topological polar surface area (TPSA) is 46.6 Å². The fraction of sp³-hybridized carbons (Fsp3) is 0.538. The molecule has 0 saturated carbocycles. The average Bonchev–Trinajstić information content (AvgIpc) is 2.90. The number of rotatable bonds is 4. The summed E-state index contributed by atoms with van der Waals surface area (Å²) < 4.78 is 68.9. The first-order valence-corrected chi connectivity index (χ1v) is 7.86. The number of halogens is 3. The van der Waals surface area contributed by atoms with Crippen molar-refractivity contribution in [3.8, 4) is 0 Å². The molecule has 1 saturated heterocycles. The third-order valence-corrected chi connectivity index (χ3v) is 5.23. The summed E-state index contributed by atoms with van der Waals surface area (Å²) in [6, 6.07) is 3.79. The van der Waals surface area contributed by atoms with Crippen molar-refractivity contribution >= 4 is 10.0 Å². The number of alkyl halides is 3. The Balaban J connectivity index is 2.22. The molecule has 4 nitrogen and oxygen atoms in total. The first-order valence-electron chi connectivity index (χ1n) is 6.42. The molecule has 1 heterocycles. The van der Waals surface area contributed by atoms with Crippen LogP contribution in [0, 0.1) is 5.92 Å². The normalized spacial score (nSPS) is 20.1. The molecule has 1 aliphatic rings. The number of hydrogen-bond acceptors (Lipinski definition) is 3. The number of sulfonamides is 1. The molecule has 0 aromatic heterocycles. The Morgan fingerprint density at radius 3 is 2.67 bits per heavy atom. The van der Waals surface area contributed by atoms with Gasteiger partial charge < -0.3 is 4.74 Å². The first kappa shape index (κ1) is 16.3. The molecule has 1 atom stereocenters. The van der Waals surface area contributed by atoms with Crippen LogP contribution < -0.4 is 0 Å². The van der Waals surface area contributed by atoms with E-state index in [0.29, 0.717) is 19.3 Å². The van der Waals surface area contributed by atoms with Gasteiger partial charge in [0.2, 0.25) is 10.0 Å². The van der Waals surface area contributed by atoms with Gasteiger partial charge in [0, 0.05) is 20.2 Å². The summed E-state index contributed by atoms with van der Waals surface area (Å²) in [5.41, 5.74) is -0.971. The quantitative estimate of drug-likeness (QED) is 0.854. The molecule has 8 heteroatoms. The Kier molecular flexibility index (Phi) is 4.60. The second kappa shape index (κ2) is 5.94. The van der Waals surface area contributed by atoms with E-state index in [0.717, 1.165) is 22.9 Å². The van der Waals surface area contributed by atoms with Crippen LogP contribution in [0.15, 0.2) is 29.2 Å². The van der Waals surface area contributed by atoms with E-state index in [1.54, 1.807) is 0 Å². The second-order valence-electron chi connectivity index (χ2n) is 5.04. The lowest BCUT2D eigenvalue weighted by Gasteiger charge is -2.20. The zero-order valence-electron chi connectivity index (χ0n) is 11.4. The van der Waals surface area contributed by atoms with Gasteiger partial charge in [-0.05, 0) is 30.5 Å². The molecule has 1 unspecified atom stereocenters. The van der Waals surface area contributed by atoms with Crippen LogP contribution >= 0.6 is 0 Å². The summed E-state index contributed by atoms with van der Waals surface area (Å²) in [7, 11) is -2.56. The predicted molar refractivity (Wildman–Crippen MR) is 70.2 cm³/mol. The molecular weight excluding hydrogens is 307 g/mol.